The molecule has 0 spiro atoms. The Morgan fingerprint density at radius 2 is 1.94 bits per heavy atom. The van der Waals surface area contributed by atoms with Crippen LogP contribution in [0.5, 0.6) is 17.2 Å². The molecule has 0 N–H and O–H groups in total. The minimum absolute atomic E-state index is 0.0429. The predicted molar refractivity (Wildman–Crippen MR) is 116 cm³/mol. The molecule has 0 amide bonds. The van der Waals surface area contributed by atoms with Gasteiger partial charge < -0.3 is 14.2 Å². The average Bonchev–Trinajstić information content (AvgIpc) is 3.25. The van der Waals surface area contributed by atoms with Crippen LogP contribution in [0, 0.1) is 5.82 Å². The highest BCUT2D eigenvalue weighted by Gasteiger charge is 2.42. The number of rotatable bonds is 5. The number of para-hydroxylation sites is 1. The summed E-state index contributed by atoms with van der Waals surface area (Å²) in [5.41, 5.74) is 3.65. The Hall–Kier alpha value is -3.54. The van der Waals surface area contributed by atoms with E-state index in [1.54, 1.807) is 13.2 Å². The second-order valence-electron chi connectivity index (χ2n) is 7.51. The van der Waals surface area contributed by atoms with Crippen LogP contribution in [0.2, 0.25) is 0 Å². The van der Waals surface area contributed by atoms with E-state index in [-0.39, 0.29) is 11.9 Å². The third-order valence-electron chi connectivity index (χ3n) is 5.62. The lowest BCUT2D eigenvalue weighted by Gasteiger charge is -2.38. The van der Waals surface area contributed by atoms with Crippen molar-refractivity contribution < 1.29 is 18.6 Å². The van der Waals surface area contributed by atoms with Gasteiger partial charge in [-0.05, 0) is 37.3 Å². The molecule has 0 aromatic heterocycles. The molecule has 0 bridgehead atoms. The fraction of sp³-hybridized carbons (Fsp3) is 0.240. The SMILES string of the molecule is CCOc1cccc2c1O[C@@H](c1cccc(F)c1)N1N=C(c3cccc(OC)c3)C[C@H]21. The molecule has 2 aliphatic rings. The zero-order valence-corrected chi connectivity index (χ0v) is 17.4. The van der Waals surface area contributed by atoms with Crippen molar-refractivity contribution in [2.75, 3.05) is 13.7 Å². The number of hydrogen-bond acceptors (Lipinski definition) is 5. The van der Waals surface area contributed by atoms with Crippen LogP contribution in [-0.4, -0.2) is 24.4 Å². The zero-order chi connectivity index (χ0) is 21.4. The number of hydrogen-bond donors (Lipinski definition) is 0. The van der Waals surface area contributed by atoms with E-state index in [0.29, 0.717) is 30.1 Å². The maximum Gasteiger partial charge on any atom is 0.214 e. The number of benzene rings is 3. The van der Waals surface area contributed by atoms with Gasteiger partial charge in [-0.2, -0.15) is 5.10 Å². The van der Waals surface area contributed by atoms with E-state index in [1.165, 1.54) is 12.1 Å². The van der Waals surface area contributed by atoms with E-state index in [9.17, 15) is 4.39 Å². The minimum Gasteiger partial charge on any atom is -0.497 e. The summed E-state index contributed by atoms with van der Waals surface area (Å²) < 4.78 is 31.7. The van der Waals surface area contributed by atoms with Crippen molar-refractivity contribution in [1.29, 1.82) is 0 Å². The van der Waals surface area contributed by atoms with Crippen molar-refractivity contribution in [2.45, 2.75) is 25.6 Å². The summed E-state index contributed by atoms with van der Waals surface area (Å²) >= 11 is 0. The van der Waals surface area contributed by atoms with Crippen molar-refractivity contribution in [2.24, 2.45) is 5.10 Å². The summed E-state index contributed by atoms with van der Waals surface area (Å²) in [4.78, 5) is 0. The summed E-state index contributed by atoms with van der Waals surface area (Å²) in [6.45, 7) is 2.47. The smallest absolute Gasteiger partial charge is 0.214 e. The molecule has 0 radical (unpaired) electrons. The lowest BCUT2D eigenvalue weighted by Crippen LogP contribution is -2.34. The molecule has 0 unspecified atom stereocenters. The first-order chi connectivity index (χ1) is 15.2. The monoisotopic (exact) mass is 418 g/mol. The van der Waals surface area contributed by atoms with Crippen molar-refractivity contribution in [3.05, 3.63) is 89.2 Å². The first kappa shape index (κ1) is 19.4. The lowest BCUT2D eigenvalue weighted by molar-refractivity contribution is -0.0214. The van der Waals surface area contributed by atoms with E-state index in [2.05, 4.69) is 0 Å². The summed E-state index contributed by atoms with van der Waals surface area (Å²) in [6, 6.07) is 20.2. The van der Waals surface area contributed by atoms with Crippen LogP contribution in [-0.2, 0) is 0 Å². The van der Waals surface area contributed by atoms with E-state index < -0.39 is 6.23 Å². The molecular formula is C25H23FN2O3. The van der Waals surface area contributed by atoms with Gasteiger partial charge in [-0.25, -0.2) is 9.40 Å². The van der Waals surface area contributed by atoms with Gasteiger partial charge in [-0.1, -0.05) is 36.4 Å². The van der Waals surface area contributed by atoms with Crippen molar-refractivity contribution in [1.82, 2.24) is 5.01 Å². The Morgan fingerprint density at radius 1 is 1.10 bits per heavy atom. The highest BCUT2D eigenvalue weighted by Crippen LogP contribution is 2.50. The second-order valence-corrected chi connectivity index (χ2v) is 7.51. The summed E-state index contributed by atoms with van der Waals surface area (Å²) in [5.74, 6) is 1.86. The molecule has 0 fully saturated rings. The highest BCUT2D eigenvalue weighted by atomic mass is 19.1. The Kier molecular flexibility index (Phi) is 4.98. The number of hydrazone groups is 1. The first-order valence-electron chi connectivity index (χ1n) is 10.4. The molecule has 2 heterocycles. The van der Waals surface area contributed by atoms with Crippen molar-refractivity contribution >= 4 is 5.71 Å². The van der Waals surface area contributed by atoms with Crippen LogP contribution >= 0.6 is 0 Å². The van der Waals surface area contributed by atoms with E-state index in [1.807, 2.05) is 60.5 Å². The fourth-order valence-corrected chi connectivity index (χ4v) is 4.21. The molecule has 3 aromatic rings. The molecule has 2 aliphatic heterocycles. The maximum absolute atomic E-state index is 14.0. The van der Waals surface area contributed by atoms with Crippen LogP contribution in [0.3, 0.4) is 0 Å². The summed E-state index contributed by atoms with van der Waals surface area (Å²) in [5, 5.41) is 6.86. The molecule has 158 valence electrons. The van der Waals surface area contributed by atoms with Crippen molar-refractivity contribution in [3.63, 3.8) is 0 Å². The standard InChI is InChI=1S/C25H23FN2O3/c1-3-30-23-12-6-11-20-22-15-21(16-7-5-10-19(14-16)29-2)27-28(22)25(31-24(20)23)17-8-4-9-18(26)13-17/h4-14,22,25H,3,15H2,1-2H3/t22-,25+/m1/s1. The number of halogens is 1. The third kappa shape index (κ3) is 3.48. The van der Waals surface area contributed by atoms with Gasteiger partial charge in [-0.3, -0.25) is 0 Å². The van der Waals surface area contributed by atoms with Gasteiger partial charge in [0.2, 0.25) is 6.23 Å². The van der Waals surface area contributed by atoms with Gasteiger partial charge in [0, 0.05) is 23.1 Å². The molecule has 6 heteroatoms. The Balaban J connectivity index is 1.61. The van der Waals surface area contributed by atoms with Crippen LogP contribution < -0.4 is 14.2 Å². The number of ether oxygens (including phenoxy) is 3. The summed E-state index contributed by atoms with van der Waals surface area (Å²) in [7, 11) is 1.65. The largest absolute Gasteiger partial charge is 0.497 e. The van der Waals surface area contributed by atoms with Gasteiger partial charge >= 0.3 is 0 Å². The third-order valence-corrected chi connectivity index (χ3v) is 5.62. The van der Waals surface area contributed by atoms with Crippen LogP contribution in [0.4, 0.5) is 4.39 Å². The van der Waals surface area contributed by atoms with E-state index in [4.69, 9.17) is 19.3 Å². The molecule has 3 aromatic carbocycles. The van der Waals surface area contributed by atoms with E-state index in [0.717, 1.165) is 22.6 Å². The Bertz CT molecular complexity index is 1150. The first-order valence-corrected chi connectivity index (χ1v) is 10.4. The quantitative estimate of drug-likeness (QED) is 0.551. The van der Waals surface area contributed by atoms with Crippen LogP contribution in [0.1, 0.15) is 42.3 Å². The maximum atomic E-state index is 14.0. The predicted octanol–water partition coefficient (Wildman–Crippen LogP) is 5.48. The second kappa shape index (κ2) is 7.95. The Labute approximate surface area is 180 Å². The molecule has 31 heavy (non-hydrogen) atoms. The van der Waals surface area contributed by atoms with Gasteiger partial charge in [0.15, 0.2) is 11.5 Å². The number of methoxy groups -OCH3 is 1. The molecule has 5 rings (SSSR count). The highest BCUT2D eigenvalue weighted by molar-refractivity contribution is 6.02. The van der Waals surface area contributed by atoms with Gasteiger partial charge in [0.25, 0.3) is 0 Å². The molecule has 0 aliphatic carbocycles. The number of fused-ring (bicyclic) bond motifs is 3. The fourth-order valence-electron chi connectivity index (χ4n) is 4.21. The summed E-state index contributed by atoms with van der Waals surface area (Å²) in [6.07, 6.45) is 0.142. The van der Waals surface area contributed by atoms with Gasteiger partial charge in [0.1, 0.15) is 11.6 Å². The number of nitrogens with zero attached hydrogens (tertiary/aromatic N) is 2. The van der Waals surface area contributed by atoms with Crippen LogP contribution in [0.15, 0.2) is 71.8 Å². The molecule has 2 atom stereocenters. The minimum atomic E-state index is -0.557. The molecule has 5 nitrogen and oxygen atoms in total. The average molecular weight is 418 g/mol. The van der Waals surface area contributed by atoms with Crippen LogP contribution in [0.25, 0.3) is 0 Å². The molecule has 0 saturated heterocycles. The van der Waals surface area contributed by atoms with Gasteiger partial charge in [0.05, 0.1) is 25.5 Å². The van der Waals surface area contributed by atoms with E-state index >= 15 is 0 Å². The lowest BCUT2D eigenvalue weighted by atomic mass is 9.95. The molecule has 0 saturated carbocycles. The van der Waals surface area contributed by atoms with Gasteiger partial charge in [-0.15, -0.1) is 0 Å². The normalized spacial score (nSPS) is 19.2. The topological polar surface area (TPSA) is 43.3 Å². The Morgan fingerprint density at radius 3 is 2.74 bits per heavy atom. The zero-order valence-electron chi connectivity index (χ0n) is 17.4. The molecular weight excluding hydrogens is 395 g/mol. The van der Waals surface area contributed by atoms with Crippen molar-refractivity contribution in [3.8, 4) is 17.2 Å².